The largest absolute Gasteiger partial charge is 0.379 e. The van der Waals surface area contributed by atoms with Gasteiger partial charge in [-0.1, -0.05) is 54.6 Å². The molecule has 2 aromatic rings. The van der Waals surface area contributed by atoms with Gasteiger partial charge in [0.25, 0.3) is 0 Å². The second kappa shape index (κ2) is 10.4. The van der Waals surface area contributed by atoms with Gasteiger partial charge in [0.05, 0.1) is 19.0 Å². The highest BCUT2D eigenvalue weighted by molar-refractivity contribution is 7.99. The Kier molecular flexibility index (Phi) is 7.55. The van der Waals surface area contributed by atoms with Crippen LogP contribution in [-0.4, -0.2) is 42.9 Å². The highest BCUT2D eigenvalue weighted by atomic mass is 32.2. The Hall–Kier alpha value is -1.82. The quantitative estimate of drug-likeness (QED) is 0.775. The van der Waals surface area contributed by atoms with Gasteiger partial charge in [0, 0.05) is 31.9 Å². The fourth-order valence-electron chi connectivity index (χ4n) is 2.97. The van der Waals surface area contributed by atoms with Crippen molar-refractivity contribution < 1.29 is 9.53 Å². The molecule has 1 aliphatic rings. The van der Waals surface area contributed by atoms with E-state index in [1.165, 1.54) is 16.7 Å². The number of hydrogen-bond acceptors (Lipinski definition) is 4. The Bertz CT molecular complexity index is 687. The molecule has 0 saturated carbocycles. The molecule has 1 N–H and O–H groups in total. The van der Waals surface area contributed by atoms with Gasteiger partial charge in [0.2, 0.25) is 5.91 Å². The number of benzene rings is 2. The van der Waals surface area contributed by atoms with Gasteiger partial charge in [0.15, 0.2) is 0 Å². The molecule has 0 radical (unpaired) electrons. The number of morpholine rings is 1. The van der Waals surface area contributed by atoms with E-state index in [1.54, 1.807) is 11.8 Å². The molecule has 1 saturated heterocycles. The predicted octanol–water partition coefficient (Wildman–Crippen LogP) is 3.07. The summed E-state index contributed by atoms with van der Waals surface area (Å²) in [5.74, 6) is 1.44. The normalized spacial score (nSPS) is 14.9. The van der Waals surface area contributed by atoms with Crippen molar-refractivity contribution >= 4 is 17.7 Å². The molecule has 0 atom stereocenters. The van der Waals surface area contributed by atoms with Gasteiger partial charge in [-0.05, 0) is 16.7 Å². The van der Waals surface area contributed by atoms with E-state index in [0.29, 0.717) is 12.3 Å². The number of rotatable bonds is 8. The first-order valence-electron chi connectivity index (χ1n) is 9.06. The first-order chi connectivity index (χ1) is 12.8. The molecule has 2 aromatic carbocycles. The SMILES string of the molecule is O=C(CSCc1ccccc1)NCc1ccccc1CN1CCOCC1. The van der Waals surface area contributed by atoms with Crippen molar-refractivity contribution in [3.8, 4) is 0 Å². The highest BCUT2D eigenvalue weighted by Crippen LogP contribution is 2.14. The molecule has 1 fully saturated rings. The zero-order valence-electron chi connectivity index (χ0n) is 15.0. The molecule has 1 heterocycles. The average Bonchev–Trinajstić information content (AvgIpc) is 2.69. The third-order valence-electron chi connectivity index (χ3n) is 4.44. The van der Waals surface area contributed by atoms with Crippen LogP contribution in [0.5, 0.6) is 0 Å². The standard InChI is InChI=1S/C21H26N2O2S/c24-21(17-26-16-18-6-2-1-3-7-18)22-14-19-8-4-5-9-20(19)15-23-10-12-25-13-11-23/h1-9H,10-17H2,(H,22,24). The summed E-state index contributed by atoms with van der Waals surface area (Å²) in [5.41, 5.74) is 3.73. The van der Waals surface area contributed by atoms with E-state index in [0.717, 1.165) is 38.6 Å². The van der Waals surface area contributed by atoms with Crippen LogP contribution in [-0.2, 0) is 28.4 Å². The summed E-state index contributed by atoms with van der Waals surface area (Å²) in [6, 6.07) is 18.6. The Morgan fingerprint density at radius 3 is 2.46 bits per heavy atom. The van der Waals surface area contributed by atoms with E-state index in [1.807, 2.05) is 24.3 Å². The highest BCUT2D eigenvalue weighted by Gasteiger charge is 2.13. The van der Waals surface area contributed by atoms with E-state index in [9.17, 15) is 4.79 Å². The minimum atomic E-state index is 0.0899. The maximum Gasteiger partial charge on any atom is 0.230 e. The summed E-state index contributed by atoms with van der Waals surface area (Å²) in [7, 11) is 0. The number of carbonyl (C=O) groups is 1. The van der Waals surface area contributed by atoms with Crippen LogP contribution in [0, 0.1) is 0 Å². The molecular weight excluding hydrogens is 344 g/mol. The molecule has 5 heteroatoms. The summed E-state index contributed by atoms with van der Waals surface area (Å²) in [4.78, 5) is 14.6. The summed E-state index contributed by atoms with van der Waals surface area (Å²) in [6.45, 7) is 5.05. The van der Waals surface area contributed by atoms with Crippen molar-refractivity contribution in [2.75, 3.05) is 32.1 Å². The fourth-order valence-corrected chi connectivity index (χ4v) is 3.78. The lowest BCUT2D eigenvalue weighted by Gasteiger charge is -2.27. The van der Waals surface area contributed by atoms with Crippen molar-refractivity contribution in [2.24, 2.45) is 0 Å². The number of ether oxygens (including phenoxy) is 1. The monoisotopic (exact) mass is 370 g/mol. The molecule has 0 spiro atoms. The second-order valence-corrected chi connectivity index (χ2v) is 7.40. The minimum absolute atomic E-state index is 0.0899. The van der Waals surface area contributed by atoms with Crippen molar-refractivity contribution in [3.63, 3.8) is 0 Å². The first kappa shape index (κ1) is 19.0. The van der Waals surface area contributed by atoms with Crippen molar-refractivity contribution in [2.45, 2.75) is 18.8 Å². The summed E-state index contributed by atoms with van der Waals surface area (Å²) >= 11 is 1.65. The zero-order chi connectivity index (χ0) is 18.0. The molecule has 4 nitrogen and oxygen atoms in total. The molecule has 1 aliphatic heterocycles. The lowest BCUT2D eigenvalue weighted by molar-refractivity contribution is -0.118. The van der Waals surface area contributed by atoms with Gasteiger partial charge in [0.1, 0.15) is 0 Å². The molecule has 1 amide bonds. The number of nitrogens with one attached hydrogen (secondary N) is 1. The molecule has 26 heavy (non-hydrogen) atoms. The summed E-state index contributed by atoms with van der Waals surface area (Å²) in [5, 5.41) is 3.06. The van der Waals surface area contributed by atoms with Gasteiger partial charge in [-0.15, -0.1) is 11.8 Å². The molecule has 0 bridgehead atoms. The Morgan fingerprint density at radius 2 is 1.69 bits per heavy atom. The number of carbonyl (C=O) groups excluding carboxylic acids is 1. The number of hydrogen-bond donors (Lipinski definition) is 1. The third kappa shape index (κ3) is 6.16. The third-order valence-corrected chi connectivity index (χ3v) is 5.44. The van der Waals surface area contributed by atoms with Gasteiger partial charge in [-0.3, -0.25) is 9.69 Å². The van der Waals surface area contributed by atoms with Crippen molar-refractivity contribution in [3.05, 3.63) is 71.3 Å². The summed E-state index contributed by atoms with van der Waals surface area (Å²) < 4.78 is 5.42. The summed E-state index contributed by atoms with van der Waals surface area (Å²) in [6.07, 6.45) is 0. The van der Waals surface area contributed by atoms with Crippen LogP contribution < -0.4 is 5.32 Å². The molecule has 0 aromatic heterocycles. The number of nitrogens with zero attached hydrogens (tertiary/aromatic N) is 1. The molecule has 3 rings (SSSR count). The van der Waals surface area contributed by atoms with Crippen molar-refractivity contribution in [1.29, 1.82) is 0 Å². The maximum atomic E-state index is 12.1. The van der Waals surface area contributed by atoms with Crippen LogP contribution in [0.25, 0.3) is 0 Å². The van der Waals surface area contributed by atoms with Crippen LogP contribution in [0.15, 0.2) is 54.6 Å². The van der Waals surface area contributed by atoms with Gasteiger partial charge in [-0.2, -0.15) is 0 Å². The minimum Gasteiger partial charge on any atom is -0.379 e. The van der Waals surface area contributed by atoms with E-state index >= 15 is 0 Å². The molecule has 0 unspecified atom stereocenters. The van der Waals surface area contributed by atoms with Gasteiger partial charge >= 0.3 is 0 Å². The second-order valence-electron chi connectivity index (χ2n) is 6.41. The molecule has 138 valence electrons. The Balaban J connectivity index is 1.44. The number of thioether (sulfide) groups is 1. The van der Waals surface area contributed by atoms with E-state index in [-0.39, 0.29) is 5.91 Å². The van der Waals surface area contributed by atoms with Gasteiger partial charge in [-0.25, -0.2) is 0 Å². The Morgan fingerprint density at radius 1 is 1.00 bits per heavy atom. The predicted molar refractivity (Wildman–Crippen MR) is 107 cm³/mol. The van der Waals surface area contributed by atoms with E-state index in [4.69, 9.17) is 4.74 Å². The Labute approximate surface area is 159 Å². The van der Waals surface area contributed by atoms with E-state index in [2.05, 4.69) is 40.5 Å². The first-order valence-corrected chi connectivity index (χ1v) is 10.2. The van der Waals surface area contributed by atoms with Crippen LogP contribution in [0.3, 0.4) is 0 Å². The van der Waals surface area contributed by atoms with Crippen molar-refractivity contribution in [1.82, 2.24) is 10.2 Å². The van der Waals surface area contributed by atoms with Gasteiger partial charge < -0.3 is 10.1 Å². The van der Waals surface area contributed by atoms with Crippen LogP contribution >= 0.6 is 11.8 Å². The lowest BCUT2D eigenvalue weighted by Crippen LogP contribution is -2.36. The number of amides is 1. The zero-order valence-corrected chi connectivity index (χ0v) is 15.8. The van der Waals surface area contributed by atoms with E-state index < -0.39 is 0 Å². The molecular formula is C21H26N2O2S. The lowest BCUT2D eigenvalue weighted by atomic mass is 10.1. The molecule has 0 aliphatic carbocycles. The smallest absolute Gasteiger partial charge is 0.230 e. The maximum absolute atomic E-state index is 12.1. The van der Waals surface area contributed by atoms with Crippen LogP contribution in [0.2, 0.25) is 0 Å². The topological polar surface area (TPSA) is 41.6 Å². The van der Waals surface area contributed by atoms with Crippen LogP contribution in [0.1, 0.15) is 16.7 Å². The van der Waals surface area contributed by atoms with Crippen LogP contribution in [0.4, 0.5) is 0 Å². The average molecular weight is 371 g/mol. The fraction of sp³-hybridized carbons (Fsp3) is 0.381.